The summed E-state index contributed by atoms with van der Waals surface area (Å²) in [7, 11) is 1.53. The zero-order valence-electron chi connectivity index (χ0n) is 17.9. The van der Waals surface area contributed by atoms with E-state index in [4.69, 9.17) is 9.72 Å². The third-order valence-electron chi connectivity index (χ3n) is 5.95. The van der Waals surface area contributed by atoms with Crippen molar-refractivity contribution in [2.45, 2.75) is 0 Å². The lowest BCUT2D eigenvalue weighted by molar-refractivity contribution is 0.379. The Morgan fingerprint density at radius 1 is 0.576 bits per heavy atom. The Morgan fingerprint density at radius 2 is 1.21 bits per heavy atom. The Bertz CT molecular complexity index is 1680. The number of phenols is 1. The van der Waals surface area contributed by atoms with E-state index in [1.54, 1.807) is 18.2 Å². The van der Waals surface area contributed by atoms with Crippen LogP contribution in [0.3, 0.4) is 0 Å². The first kappa shape index (κ1) is 19.2. The van der Waals surface area contributed by atoms with Gasteiger partial charge in [0.05, 0.1) is 12.7 Å². The Morgan fingerprint density at radius 3 is 2.00 bits per heavy atom. The number of fused-ring (bicyclic) bond motifs is 5. The van der Waals surface area contributed by atoms with E-state index in [1.807, 2.05) is 24.3 Å². The van der Waals surface area contributed by atoms with E-state index in [2.05, 4.69) is 58.5 Å². The van der Waals surface area contributed by atoms with Crippen LogP contribution in [0.2, 0.25) is 0 Å². The van der Waals surface area contributed by atoms with Crippen molar-refractivity contribution >= 4 is 32.3 Å². The standard InChI is InChI=1S/C28H19N3O2/c1-33-28-30-26(22-12-6-7-13-25(22)32)29-27(31-28)24-16-23-18-9-3-2-8-17(18)14-15-21(23)19-10-4-5-11-20(19)24/h2-16,32H,1H3. The summed E-state index contributed by atoms with van der Waals surface area (Å²) in [6, 6.07) is 30.3. The van der Waals surface area contributed by atoms with Crippen LogP contribution in [0.25, 0.3) is 55.1 Å². The first-order valence-corrected chi connectivity index (χ1v) is 10.6. The average molecular weight is 429 g/mol. The van der Waals surface area contributed by atoms with E-state index in [9.17, 15) is 5.11 Å². The topological polar surface area (TPSA) is 68.1 Å². The SMILES string of the molecule is COc1nc(-c2ccccc2O)nc(-c2cc3c4ccccc4ccc3c3ccccc23)n1. The molecule has 0 spiro atoms. The highest BCUT2D eigenvalue weighted by Crippen LogP contribution is 2.38. The molecule has 1 heterocycles. The minimum atomic E-state index is 0.103. The number of rotatable bonds is 3. The number of hydrogen-bond acceptors (Lipinski definition) is 5. The molecule has 158 valence electrons. The summed E-state index contributed by atoms with van der Waals surface area (Å²) < 4.78 is 5.40. The quantitative estimate of drug-likeness (QED) is 0.331. The van der Waals surface area contributed by atoms with E-state index in [-0.39, 0.29) is 11.8 Å². The maximum atomic E-state index is 10.4. The van der Waals surface area contributed by atoms with Gasteiger partial charge in [-0.3, -0.25) is 0 Å². The molecule has 0 amide bonds. The molecule has 0 unspecified atom stereocenters. The molecule has 5 nitrogen and oxygen atoms in total. The smallest absolute Gasteiger partial charge is 0.320 e. The number of nitrogens with zero attached hydrogens (tertiary/aromatic N) is 3. The second-order valence-corrected chi connectivity index (χ2v) is 7.84. The highest BCUT2D eigenvalue weighted by Gasteiger charge is 2.17. The molecule has 5 heteroatoms. The summed E-state index contributed by atoms with van der Waals surface area (Å²) in [6.45, 7) is 0. The number of para-hydroxylation sites is 1. The minimum absolute atomic E-state index is 0.103. The van der Waals surface area contributed by atoms with Crippen LogP contribution in [-0.2, 0) is 0 Å². The van der Waals surface area contributed by atoms with Gasteiger partial charge in [0.2, 0.25) is 0 Å². The summed E-state index contributed by atoms with van der Waals surface area (Å²) in [5.74, 6) is 0.953. The number of hydrogen-bond donors (Lipinski definition) is 1. The molecule has 0 saturated carbocycles. The molecule has 0 aliphatic carbocycles. The number of aromatic hydroxyl groups is 1. The maximum absolute atomic E-state index is 10.4. The van der Waals surface area contributed by atoms with Crippen molar-refractivity contribution in [3.05, 3.63) is 91.0 Å². The average Bonchev–Trinajstić information content (AvgIpc) is 2.88. The highest BCUT2D eigenvalue weighted by molar-refractivity contribution is 6.20. The fourth-order valence-electron chi connectivity index (χ4n) is 4.40. The highest BCUT2D eigenvalue weighted by atomic mass is 16.5. The molecular weight excluding hydrogens is 410 g/mol. The number of phenolic OH excluding ortho intramolecular Hbond substituents is 1. The lowest BCUT2D eigenvalue weighted by Crippen LogP contribution is -2.01. The third-order valence-corrected chi connectivity index (χ3v) is 5.95. The first-order chi connectivity index (χ1) is 16.2. The van der Waals surface area contributed by atoms with Gasteiger partial charge in [-0.15, -0.1) is 0 Å². The van der Waals surface area contributed by atoms with Crippen LogP contribution in [0.4, 0.5) is 0 Å². The van der Waals surface area contributed by atoms with Crippen LogP contribution in [0.1, 0.15) is 0 Å². The number of benzene rings is 5. The van der Waals surface area contributed by atoms with Crippen molar-refractivity contribution in [2.75, 3.05) is 7.11 Å². The van der Waals surface area contributed by atoms with Crippen LogP contribution in [0.15, 0.2) is 91.0 Å². The summed E-state index contributed by atoms with van der Waals surface area (Å²) in [4.78, 5) is 13.7. The van der Waals surface area contributed by atoms with E-state index < -0.39 is 0 Å². The Balaban J connectivity index is 1.71. The number of methoxy groups -OCH3 is 1. The summed E-state index contributed by atoms with van der Waals surface area (Å²) in [6.07, 6.45) is 0. The van der Waals surface area contributed by atoms with Gasteiger partial charge in [0, 0.05) is 5.56 Å². The molecule has 1 N–H and O–H groups in total. The van der Waals surface area contributed by atoms with Gasteiger partial charge in [0.15, 0.2) is 11.6 Å². The van der Waals surface area contributed by atoms with Gasteiger partial charge in [-0.1, -0.05) is 72.8 Å². The van der Waals surface area contributed by atoms with Gasteiger partial charge in [-0.25, -0.2) is 4.98 Å². The molecule has 0 aliphatic heterocycles. The van der Waals surface area contributed by atoms with Crippen LogP contribution in [-0.4, -0.2) is 27.2 Å². The largest absolute Gasteiger partial charge is 0.507 e. The molecule has 0 radical (unpaired) electrons. The van der Waals surface area contributed by atoms with Crippen molar-refractivity contribution in [3.63, 3.8) is 0 Å². The Kier molecular flexibility index (Phi) is 4.40. The van der Waals surface area contributed by atoms with Crippen LogP contribution in [0, 0.1) is 0 Å². The van der Waals surface area contributed by atoms with Crippen molar-refractivity contribution in [1.29, 1.82) is 0 Å². The Labute approximate surface area is 190 Å². The van der Waals surface area contributed by atoms with Crippen molar-refractivity contribution in [1.82, 2.24) is 15.0 Å². The summed E-state index contributed by atoms with van der Waals surface area (Å²) in [5, 5.41) is 17.2. The van der Waals surface area contributed by atoms with E-state index in [1.165, 1.54) is 23.3 Å². The van der Waals surface area contributed by atoms with Crippen LogP contribution in [0.5, 0.6) is 11.8 Å². The lowest BCUT2D eigenvalue weighted by Gasteiger charge is -2.13. The van der Waals surface area contributed by atoms with E-state index >= 15 is 0 Å². The first-order valence-electron chi connectivity index (χ1n) is 10.6. The van der Waals surface area contributed by atoms with Gasteiger partial charge in [0.1, 0.15) is 5.75 Å². The molecule has 0 atom stereocenters. The lowest BCUT2D eigenvalue weighted by atomic mass is 9.93. The second-order valence-electron chi connectivity index (χ2n) is 7.84. The molecule has 0 saturated heterocycles. The van der Waals surface area contributed by atoms with Gasteiger partial charge < -0.3 is 9.84 Å². The van der Waals surface area contributed by atoms with Crippen LogP contribution < -0.4 is 4.74 Å². The predicted molar refractivity (Wildman–Crippen MR) is 131 cm³/mol. The van der Waals surface area contributed by atoms with Crippen molar-refractivity contribution in [3.8, 4) is 34.5 Å². The zero-order valence-corrected chi connectivity index (χ0v) is 17.9. The van der Waals surface area contributed by atoms with Crippen molar-refractivity contribution < 1.29 is 9.84 Å². The molecule has 0 fully saturated rings. The summed E-state index contributed by atoms with van der Waals surface area (Å²) in [5.41, 5.74) is 1.40. The van der Waals surface area contributed by atoms with E-state index in [0.717, 1.165) is 21.7 Å². The van der Waals surface area contributed by atoms with Crippen LogP contribution >= 0.6 is 0 Å². The number of aromatic nitrogens is 3. The van der Waals surface area contributed by atoms with E-state index in [0.29, 0.717) is 17.2 Å². The fraction of sp³-hybridized carbons (Fsp3) is 0.0357. The van der Waals surface area contributed by atoms with Gasteiger partial charge >= 0.3 is 6.01 Å². The number of ether oxygens (including phenoxy) is 1. The van der Waals surface area contributed by atoms with Gasteiger partial charge in [-0.05, 0) is 50.5 Å². The zero-order chi connectivity index (χ0) is 22.4. The molecule has 5 aromatic carbocycles. The van der Waals surface area contributed by atoms with Gasteiger partial charge in [0.25, 0.3) is 0 Å². The second kappa shape index (κ2) is 7.57. The molecular formula is C28H19N3O2. The fourth-order valence-corrected chi connectivity index (χ4v) is 4.40. The monoisotopic (exact) mass is 429 g/mol. The predicted octanol–water partition coefficient (Wildman–Crippen LogP) is 6.38. The normalized spacial score (nSPS) is 11.3. The molecule has 6 aromatic rings. The maximum Gasteiger partial charge on any atom is 0.320 e. The summed E-state index contributed by atoms with van der Waals surface area (Å²) >= 11 is 0. The third kappa shape index (κ3) is 3.13. The molecule has 33 heavy (non-hydrogen) atoms. The molecule has 0 aliphatic rings. The van der Waals surface area contributed by atoms with Crippen molar-refractivity contribution in [2.24, 2.45) is 0 Å². The minimum Gasteiger partial charge on any atom is -0.507 e. The Hall–Kier alpha value is -4.51. The molecule has 1 aromatic heterocycles. The van der Waals surface area contributed by atoms with Gasteiger partial charge in [-0.2, -0.15) is 9.97 Å². The molecule has 6 rings (SSSR count). The molecule has 0 bridgehead atoms.